The lowest BCUT2D eigenvalue weighted by Crippen LogP contribution is -2.37. The van der Waals surface area contributed by atoms with Crippen LogP contribution in [-0.2, 0) is 29.2 Å². The van der Waals surface area contributed by atoms with Gasteiger partial charge in [-0.15, -0.1) is 0 Å². The number of carboxylic acid groups (broad SMARTS) is 1. The number of furan rings is 1. The summed E-state index contributed by atoms with van der Waals surface area (Å²) in [5, 5.41) is 12.3. The third-order valence-electron chi connectivity index (χ3n) is 5.52. The van der Waals surface area contributed by atoms with Crippen LogP contribution in [0.25, 0.3) is 0 Å². The minimum Gasteiger partial charge on any atom is -0.478 e. The molecule has 1 heterocycles. The van der Waals surface area contributed by atoms with Crippen molar-refractivity contribution in [2.24, 2.45) is 0 Å². The normalized spacial score (nSPS) is 11.4. The second-order valence-electron chi connectivity index (χ2n) is 8.99. The highest BCUT2D eigenvalue weighted by molar-refractivity contribution is 5.78. The van der Waals surface area contributed by atoms with Gasteiger partial charge in [0.05, 0.1) is 19.4 Å². The van der Waals surface area contributed by atoms with E-state index in [1.165, 1.54) is 19.4 Å². The molecule has 180 valence electrons. The van der Waals surface area contributed by atoms with Gasteiger partial charge in [0, 0.05) is 13.1 Å². The molecule has 0 aliphatic rings. The topological polar surface area (TPSA) is 92.0 Å². The number of nitrogens with zero attached hydrogens (tertiary/aromatic N) is 1. The van der Waals surface area contributed by atoms with Gasteiger partial charge in [-0.3, -0.25) is 9.69 Å². The van der Waals surface area contributed by atoms with E-state index in [1.54, 1.807) is 18.4 Å². The van der Waals surface area contributed by atoms with Crippen molar-refractivity contribution in [3.05, 3.63) is 88.9 Å². The maximum atomic E-state index is 12.7. The molecular weight excluding hydrogens is 432 g/mol. The number of aryl methyl sites for hydroxylation is 2. The predicted molar refractivity (Wildman–Crippen MR) is 129 cm³/mol. The van der Waals surface area contributed by atoms with Gasteiger partial charge in [-0.1, -0.05) is 35.9 Å². The van der Waals surface area contributed by atoms with Crippen molar-refractivity contribution in [1.82, 2.24) is 10.2 Å². The van der Waals surface area contributed by atoms with E-state index in [4.69, 9.17) is 9.15 Å². The molecular formula is C27H32N2O5. The summed E-state index contributed by atoms with van der Waals surface area (Å²) in [7, 11) is 0. The standard InChI is InChI=1S/C27H32N2O5/c1-19-7-10-22(20(2)14-19)15-28-25(30)18-29(17-24-6-5-13-33-24)16-21-8-11-23(12-9-21)34-27(3,4)26(31)32/h5-14H,15-18H2,1-4H3,(H,28,30)(H,31,32). The quantitative estimate of drug-likeness (QED) is 0.435. The Morgan fingerprint density at radius 3 is 2.41 bits per heavy atom. The SMILES string of the molecule is Cc1ccc(CNC(=O)CN(Cc2ccc(OC(C)(C)C(=O)O)cc2)Cc2ccco2)c(C)c1. The monoisotopic (exact) mass is 464 g/mol. The minimum absolute atomic E-state index is 0.0744. The molecule has 2 N–H and O–H groups in total. The lowest BCUT2D eigenvalue weighted by Gasteiger charge is -2.23. The van der Waals surface area contributed by atoms with Crippen LogP contribution in [0.3, 0.4) is 0 Å². The molecule has 3 aromatic rings. The van der Waals surface area contributed by atoms with Crippen molar-refractivity contribution < 1.29 is 23.8 Å². The molecule has 0 radical (unpaired) electrons. The van der Waals surface area contributed by atoms with Gasteiger partial charge in [-0.2, -0.15) is 0 Å². The summed E-state index contributed by atoms with van der Waals surface area (Å²) in [6.07, 6.45) is 1.62. The van der Waals surface area contributed by atoms with Gasteiger partial charge < -0.3 is 19.6 Å². The highest BCUT2D eigenvalue weighted by Crippen LogP contribution is 2.20. The number of rotatable bonds is 11. The zero-order valence-electron chi connectivity index (χ0n) is 20.1. The van der Waals surface area contributed by atoms with Gasteiger partial charge in [0.15, 0.2) is 5.60 Å². The maximum absolute atomic E-state index is 12.7. The molecule has 0 fully saturated rings. The number of amides is 1. The number of carbonyl (C=O) groups excluding carboxylic acids is 1. The van der Waals surface area contributed by atoms with Crippen molar-refractivity contribution in [3.63, 3.8) is 0 Å². The molecule has 2 aromatic carbocycles. The van der Waals surface area contributed by atoms with Gasteiger partial charge in [-0.25, -0.2) is 4.79 Å². The van der Waals surface area contributed by atoms with Gasteiger partial charge in [0.25, 0.3) is 0 Å². The smallest absolute Gasteiger partial charge is 0.347 e. The average molecular weight is 465 g/mol. The molecule has 1 amide bonds. The van der Waals surface area contributed by atoms with E-state index in [9.17, 15) is 14.7 Å². The molecule has 0 aliphatic carbocycles. The highest BCUT2D eigenvalue weighted by Gasteiger charge is 2.29. The van der Waals surface area contributed by atoms with Crippen molar-refractivity contribution in [3.8, 4) is 5.75 Å². The first-order valence-electron chi connectivity index (χ1n) is 11.2. The first-order valence-corrected chi connectivity index (χ1v) is 11.2. The number of ether oxygens (including phenoxy) is 1. The van der Waals surface area contributed by atoms with Crippen molar-refractivity contribution >= 4 is 11.9 Å². The number of carbonyl (C=O) groups is 2. The van der Waals surface area contributed by atoms with Crippen LogP contribution in [0.15, 0.2) is 65.3 Å². The molecule has 7 heteroatoms. The molecule has 34 heavy (non-hydrogen) atoms. The molecule has 1 aromatic heterocycles. The van der Waals surface area contributed by atoms with Crippen molar-refractivity contribution in [2.75, 3.05) is 6.54 Å². The van der Waals surface area contributed by atoms with E-state index in [0.29, 0.717) is 25.4 Å². The summed E-state index contributed by atoms with van der Waals surface area (Å²) < 4.78 is 11.1. The molecule has 0 aliphatic heterocycles. The van der Waals surface area contributed by atoms with Crippen LogP contribution in [0, 0.1) is 13.8 Å². The number of hydrogen-bond donors (Lipinski definition) is 2. The number of benzene rings is 2. The second-order valence-corrected chi connectivity index (χ2v) is 8.99. The lowest BCUT2D eigenvalue weighted by atomic mass is 10.1. The molecule has 7 nitrogen and oxygen atoms in total. The average Bonchev–Trinajstić information content (AvgIpc) is 3.27. The Balaban J connectivity index is 1.63. The van der Waals surface area contributed by atoms with E-state index >= 15 is 0 Å². The Morgan fingerprint density at radius 2 is 1.79 bits per heavy atom. The molecule has 0 bridgehead atoms. The highest BCUT2D eigenvalue weighted by atomic mass is 16.5. The van der Waals surface area contributed by atoms with E-state index in [1.807, 2.05) is 55.1 Å². The van der Waals surface area contributed by atoms with E-state index in [-0.39, 0.29) is 12.5 Å². The minimum atomic E-state index is -1.32. The molecule has 0 saturated carbocycles. The molecule has 0 unspecified atom stereocenters. The van der Waals surface area contributed by atoms with E-state index in [2.05, 4.69) is 11.4 Å². The second kappa shape index (κ2) is 11.0. The van der Waals surface area contributed by atoms with Crippen LogP contribution in [0.2, 0.25) is 0 Å². The first-order chi connectivity index (χ1) is 16.1. The summed E-state index contributed by atoms with van der Waals surface area (Å²) in [6, 6.07) is 17.1. The molecule has 3 rings (SSSR count). The fourth-order valence-electron chi connectivity index (χ4n) is 3.55. The Kier molecular flexibility index (Phi) is 8.12. The van der Waals surface area contributed by atoms with Gasteiger partial charge in [0.2, 0.25) is 5.91 Å². The van der Waals surface area contributed by atoms with Crippen LogP contribution in [0.4, 0.5) is 0 Å². The number of nitrogens with one attached hydrogen (secondary N) is 1. The van der Waals surface area contributed by atoms with Crippen molar-refractivity contribution in [1.29, 1.82) is 0 Å². The van der Waals surface area contributed by atoms with Crippen LogP contribution in [0.5, 0.6) is 5.75 Å². The third-order valence-corrected chi connectivity index (χ3v) is 5.52. The maximum Gasteiger partial charge on any atom is 0.347 e. The van der Waals surface area contributed by atoms with Crippen molar-refractivity contribution in [2.45, 2.75) is 52.9 Å². The van der Waals surface area contributed by atoms with Crippen LogP contribution in [-0.4, -0.2) is 34.0 Å². The molecule has 0 atom stereocenters. The summed E-state index contributed by atoms with van der Waals surface area (Å²) >= 11 is 0. The summed E-state index contributed by atoms with van der Waals surface area (Å²) in [5.74, 6) is 0.132. The van der Waals surface area contributed by atoms with Gasteiger partial charge >= 0.3 is 5.97 Å². The van der Waals surface area contributed by atoms with E-state index in [0.717, 1.165) is 22.5 Å². The Bertz CT molecular complexity index is 1100. The summed E-state index contributed by atoms with van der Waals surface area (Å²) in [5.41, 5.74) is 3.09. The van der Waals surface area contributed by atoms with Crippen LogP contribution in [0.1, 0.15) is 41.9 Å². The zero-order chi connectivity index (χ0) is 24.7. The number of aliphatic carboxylic acids is 1. The Hall–Kier alpha value is -3.58. The Labute approximate surface area is 200 Å². The largest absolute Gasteiger partial charge is 0.478 e. The van der Waals surface area contributed by atoms with Gasteiger partial charge in [-0.05, 0) is 68.7 Å². The fourth-order valence-corrected chi connectivity index (χ4v) is 3.55. The van der Waals surface area contributed by atoms with Crippen LogP contribution < -0.4 is 10.1 Å². The summed E-state index contributed by atoms with van der Waals surface area (Å²) in [4.78, 5) is 26.0. The molecule has 0 spiro atoms. The van der Waals surface area contributed by atoms with Gasteiger partial charge in [0.1, 0.15) is 11.5 Å². The lowest BCUT2D eigenvalue weighted by molar-refractivity contribution is -0.152. The third kappa shape index (κ3) is 7.22. The fraction of sp³-hybridized carbons (Fsp3) is 0.333. The molecule has 0 saturated heterocycles. The first kappa shape index (κ1) is 25.1. The number of carboxylic acids is 1. The Morgan fingerprint density at radius 1 is 1.06 bits per heavy atom. The predicted octanol–water partition coefficient (Wildman–Crippen LogP) is 4.46. The summed E-state index contributed by atoms with van der Waals surface area (Å²) in [6.45, 7) is 8.78. The number of hydrogen-bond acceptors (Lipinski definition) is 5. The zero-order valence-corrected chi connectivity index (χ0v) is 20.1. The van der Waals surface area contributed by atoms with E-state index < -0.39 is 11.6 Å². The van der Waals surface area contributed by atoms with Crippen LogP contribution >= 0.6 is 0 Å².